The molecule has 0 radical (unpaired) electrons. The topological polar surface area (TPSA) is 35.5 Å². The first-order valence-corrected chi connectivity index (χ1v) is 5.54. The number of esters is 1. The van der Waals surface area contributed by atoms with Crippen LogP contribution in [0.3, 0.4) is 0 Å². The van der Waals surface area contributed by atoms with Gasteiger partial charge in [-0.25, -0.2) is 0 Å². The van der Waals surface area contributed by atoms with E-state index in [-0.39, 0.29) is 23.9 Å². The van der Waals surface area contributed by atoms with E-state index < -0.39 is 0 Å². The van der Waals surface area contributed by atoms with E-state index in [4.69, 9.17) is 9.47 Å². The van der Waals surface area contributed by atoms with E-state index in [2.05, 4.69) is 0 Å². The lowest BCUT2D eigenvalue weighted by Gasteiger charge is -1.99. The van der Waals surface area contributed by atoms with E-state index in [0.717, 1.165) is 5.56 Å². The summed E-state index contributed by atoms with van der Waals surface area (Å²) in [4.78, 5) is 11.7. The fourth-order valence-corrected chi connectivity index (χ4v) is 2.17. The Balaban J connectivity index is 2.09. The molecule has 3 heteroatoms. The van der Waals surface area contributed by atoms with Crippen LogP contribution in [0.4, 0.5) is 0 Å². The summed E-state index contributed by atoms with van der Waals surface area (Å²) in [6.07, 6.45) is -0.0264. The number of benzene rings is 1. The molecule has 0 unspecified atom stereocenters. The molecule has 86 valence electrons. The highest BCUT2D eigenvalue weighted by Crippen LogP contribution is 2.50. The van der Waals surface area contributed by atoms with Gasteiger partial charge in [0.2, 0.25) is 0 Å². The molecule has 1 fully saturated rings. The van der Waals surface area contributed by atoms with Crippen molar-refractivity contribution in [1.29, 1.82) is 0 Å². The summed E-state index contributed by atoms with van der Waals surface area (Å²) < 4.78 is 10.3. The van der Waals surface area contributed by atoms with Crippen molar-refractivity contribution in [3.8, 4) is 0 Å². The molecule has 0 saturated heterocycles. The first-order chi connectivity index (χ1) is 7.79. The highest BCUT2D eigenvalue weighted by molar-refractivity contribution is 5.79. The maximum atomic E-state index is 11.7. The number of hydrogen-bond acceptors (Lipinski definition) is 3. The van der Waals surface area contributed by atoms with Crippen LogP contribution in [0, 0.1) is 5.92 Å². The van der Waals surface area contributed by atoms with Gasteiger partial charge in [-0.1, -0.05) is 30.3 Å². The number of ether oxygens (including phenoxy) is 2. The highest BCUT2D eigenvalue weighted by atomic mass is 16.5. The van der Waals surface area contributed by atoms with Gasteiger partial charge >= 0.3 is 5.97 Å². The summed E-state index contributed by atoms with van der Waals surface area (Å²) in [6.45, 7) is 2.24. The minimum Gasteiger partial charge on any atom is -0.466 e. The van der Waals surface area contributed by atoms with Gasteiger partial charge in [0.15, 0.2) is 0 Å². The van der Waals surface area contributed by atoms with Crippen molar-refractivity contribution in [1.82, 2.24) is 0 Å². The van der Waals surface area contributed by atoms with Crippen molar-refractivity contribution in [3.05, 3.63) is 35.9 Å². The Hall–Kier alpha value is -1.35. The Morgan fingerprint density at radius 1 is 1.31 bits per heavy atom. The van der Waals surface area contributed by atoms with Crippen molar-refractivity contribution >= 4 is 5.97 Å². The zero-order valence-electron chi connectivity index (χ0n) is 9.55. The van der Waals surface area contributed by atoms with Gasteiger partial charge in [-0.15, -0.1) is 0 Å². The normalized spacial score (nSPS) is 27.5. The van der Waals surface area contributed by atoms with E-state index in [1.807, 2.05) is 37.3 Å². The maximum Gasteiger partial charge on any atom is 0.312 e. The summed E-state index contributed by atoms with van der Waals surface area (Å²) in [6, 6.07) is 9.96. The van der Waals surface area contributed by atoms with E-state index >= 15 is 0 Å². The highest BCUT2D eigenvalue weighted by Gasteiger charge is 2.57. The van der Waals surface area contributed by atoms with Gasteiger partial charge in [0.05, 0.1) is 18.6 Å². The quantitative estimate of drug-likeness (QED) is 0.728. The maximum absolute atomic E-state index is 11.7. The molecule has 0 N–H and O–H groups in total. The molecule has 1 aromatic rings. The third-order valence-corrected chi connectivity index (χ3v) is 2.97. The Morgan fingerprint density at radius 3 is 2.56 bits per heavy atom. The molecule has 0 heterocycles. The van der Waals surface area contributed by atoms with Crippen molar-refractivity contribution < 1.29 is 14.3 Å². The van der Waals surface area contributed by atoms with Crippen LogP contribution in [0.1, 0.15) is 18.4 Å². The molecule has 16 heavy (non-hydrogen) atoms. The van der Waals surface area contributed by atoms with Crippen LogP contribution in [-0.2, 0) is 14.3 Å². The second kappa shape index (κ2) is 4.66. The molecule has 0 aliphatic heterocycles. The van der Waals surface area contributed by atoms with Gasteiger partial charge in [0, 0.05) is 13.0 Å². The van der Waals surface area contributed by atoms with Crippen LogP contribution in [-0.4, -0.2) is 25.8 Å². The van der Waals surface area contributed by atoms with Gasteiger partial charge in [-0.05, 0) is 12.5 Å². The largest absolute Gasteiger partial charge is 0.466 e. The van der Waals surface area contributed by atoms with Gasteiger partial charge < -0.3 is 9.47 Å². The first kappa shape index (κ1) is 11.1. The Bertz CT molecular complexity index is 361. The zero-order chi connectivity index (χ0) is 11.5. The molecule has 2 rings (SSSR count). The predicted molar refractivity (Wildman–Crippen MR) is 60.1 cm³/mol. The van der Waals surface area contributed by atoms with Crippen molar-refractivity contribution in [2.45, 2.75) is 18.9 Å². The van der Waals surface area contributed by atoms with Gasteiger partial charge in [-0.2, -0.15) is 0 Å². The van der Waals surface area contributed by atoms with E-state index in [9.17, 15) is 4.79 Å². The molecule has 1 aliphatic rings. The molecule has 3 atom stereocenters. The molecule has 1 saturated carbocycles. The minimum absolute atomic E-state index is 0.0264. The number of rotatable bonds is 4. The molecule has 1 aliphatic carbocycles. The minimum atomic E-state index is -0.150. The summed E-state index contributed by atoms with van der Waals surface area (Å²) in [5.74, 6) is -0.124. The molecular weight excluding hydrogens is 204 g/mol. The lowest BCUT2D eigenvalue weighted by atomic mass is 10.1. The zero-order valence-corrected chi connectivity index (χ0v) is 9.55. The van der Waals surface area contributed by atoms with Crippen LogP contribution < -0.4 is 0 Å². The molecular formula is C13H16O3. The number of methoxy groups -OCH3 is 1. The van der Waals surface area contributed by atoms with Crippen molar-refractivity contribution in [2.75, 3.05) is 13.7 Å². The molecule has 0 aromatic heterocycles. The molecule has 3 nitrogen and oxygen atoms in total. The first-order valence-electron chi connectivity index (χ1n) is 5.54. The summed E-state index contributed by atoms with van der Waals surface area (Å²) in [7, 11) is 1.64. The van der Waals surface area contributed by atoms with Crippen molar-refractivity contribution in [3.63, 3.8) is 0 Å². The monoisotopic (exact) mass is 220 g/mol. The van der Waals surface area contributed by atoms with Crippen LogP contribution in [0.15, 0.2) is 30.3 Å². The summed E-state index contributed by atoms with van der Waals surface area (Å²) in [5.41, 5.74) is 1.15. The van der Waals surface area contributed by atoms with E-state index in [1.165, 1.54) is 0 Å². The molecule has 0 amide bonds. The average molecular weight is 220 g/mol. The lowest BCUT2D eigenvalue weighted by Crippen LogP contribution is -2.09. The molecule has 0 spiro atoms. The van der Waals surface area contributed by atoms with Crippen molar-refractivity contribution in [2.24, 2.45) is 5.92 Å². The van der Waals surface area contributed by atoms with E-state index in [1.54, 1.807) is 7.11 Å². The summed E-state index contributed by atoms with van der Waals surface area (Å²) in [5, 5.41) is 0. The van der Waals surface area contributed by atoms with Crippen LogP contribution >= 0.6 is 0 Å². The average Bonchev–Trinajstić information content (AvgIpc) is 3.05. The Morgan fingerprint density at radius 2 is 2.00 bits per heavy atom. The van der Waals surface area contributed by atoms with Crippen LogP contribution in [0.25, 0.3) is 0 Å². The third-order valence-electron chi connectivity index (χ3n) is 2.97. The fourth-order valence-electron chi connectivity index (χ4n) is 2.17. The standard InChI is InChI=1S/C13H16O3/c1-3-16-13(14)11-10(12(11)15-2)9-7-5-4-6-8-9/h4-8,10-12H,3H2,1-2H3/t10-,11-,12-/m1/s1. The lowest BCUT2D eigenvalue weighted by molar-refractivity contribution is -0.145. The summed E-state index contributed by atoms with van der Waals surface area (Å²) >= 11 is 0. The second-order valence-corrected chi connectivity index (χ2v) is 3.91. The number of carbonyl (C=O) groups excluding carboxylic acids is 1. The van der Waals surface area contributed by atoms with Crippen LogP contribution in [0.5, 0.6) is 0 Å². The molecule has 0 bridgehead atoms. The number of hydrogen-bond donors (Lipinski definition) is 0. The predicted octanol–water partition coefficient (Wildman–Crippen LogP) is 1.98. The van der Waals surface area contributed by atoms with Gasteiger partial charge in [-0.3, -0.25) is 4.79 Å². The van der Waals surface area contributed by atoms with Gasteiger partial charge in [0.1, 0.15) is 0 Å². The second-order valence-electron chi connectivity index (χ2n) is 3.91. The van der Waals surface area contributed by atoms with Gasteiger partial charge in [0.25, 0.3) is 0 Å². The fraction of sp³-hybridized carbons (Fsp3) is 0.462. The van der Waals surface area contributed by atoms with Crippen LogP contribution in [0.2, 0.25) is 0 Å². The smallest absolute Gasteiger partial charge is 0.312 e. The van der Waals surface area contributed by atoms with E-state index in [0.29, 0.717) is 6.61 Å². The number of carbonyl (C=O) groups is 1. The molecule has 1 aromatic carbocycles. The third kappa shape index (κ3) is 1.95. The Kier molecular flexibility index (Phi) is 3.25. The Labute approximate surface area is 95.4 Å². The SMILES string of the molecule is CCOC(=O)[C@H]1[C@H](OC)[C@@H]1c1ccccc1.